The average Bonchev–Trinajstić information content (AvgIpc) is 3.41. The summed E-state index contributed by atoms with van der Waals surface area (Å²) < 4.78 is 32.9. The largest absolute Gasteiger partial charge is 0.390 e. The van der Waals surface area contributed by atoms with E-state index in [4.69, 9.17) is 28.9 Å². The maximum absolute atomic E-state index is 15.7. The van der Waals surface area contributed by atoms with Gasteiger partial charge in [-0.15, -0.1) is 0 Å². The average molecular weight is 624 g/mol. The third-order valence-electron chi connectivity index (χ3n) is 7.48. The Labute approximate surface area is 255 Å². The molecule has 1 aromatic heterocycles. The Morgan fingerprint density at radius 2 is 1.95 bits per heavy atom. The van der Waals surface area contributed by atoms with Crippen LogP contribution in [0.5, 0.6) is 0 Å². The summed E-state index contributed by atoms with van der Waals surface area (Å²) in [5, 5.41) is 20.8. The van der Waals surface area contributed by atoms with Gasteiger partial charge in [0.05, 0.1) is 29.3 Å². The molecule has 1 amide bonds. The van der Waals surface area contributed by atoms with Gasteiger partial charge in [0.15, 0.2) is 5.82 Å². The molecule has 2 aromatic carbocycles. The molecule has 228 valence electrons. The number of aliphatic hydroxyl groups is 1. The van der Waals surface area contributed by atoms with Gasteiger partial charge in [0.2, 0.25) is 5.91 Å². The van der Waals surface area contributed by atoms with Gasteiger partial charge in [-0.05, 0) is 49.7 Å². The second-order valence-electron chi connectivity index (χ2n) is 12.5. The molecule has 12 heteroatoms. The highest BCUT2D eigenvalue weighted by atomic mass is 35.5. The van der Waals surface area contributed by atoms with Crippen LogP contribution in [0.1, 0.15) is 44.2 Å². The summed E-state index contributed by atoms with van der Waals surface area (Å²) in [6.45, 7) is 6.68. The van der Waals surface area contributed by atoms with Crippen molar-refractivity contribution < 1.29 is 18.7 Å². The molecular weight excluding hydrogens is 585 g/mol. The maximum atomic E-state index is 15.7. The lowest BCUT2D eigenvalue weighted by Gasteiger charge is -2.40. The smallest absolute Gasteiger partial charge is 0.243 e. The Balaban J connectivity index is 1.77. The number of nitrogens with one attached hydrogen (secondary N) is 2. The third kappa shape index (κ3) is 6.96. The molecule has 0 unspecified atom stereocenters. The second-order valence-corrected chi connectivity index (χ2v) is 13.3. The van der Waals surface area contributed by atoms with E-state index in [0.29, 0.717) is 13.0 Å². The molecule has 2 heterocycles. The van der Waals surface area contributed by atoms with E-state index in [1.54, 1.807) is 18.3 Å². The fourth-order valence-corrected chi connectivity index (χ4v) is 6.17. The number of rotatable bonds is 9. The van der Waals surface area contributed by atoms with E-state index in [9.17, 15) is 9.90 Å². The van der Waals surface area contributed by atoms with Gasteiger partial charge in [-0.2, -0.15) is 5.10 Å². The lowest BCUT2D eigenvalue weighted by Crippen LogP contribution is -2.52. The number of carbonyl (C=O) groups excluding carboxylic acids is 1. The van der Waals surface area contributed by atoms with Crippen LogP contribution in [0.3, 0.4) is 0 Å². The quantitative estimate of drug-likeness (QED) is 0.274. The zero-order chi connectivity index (χ0) is 31.0. The molecule has 5 N–H and O–H groups in total. The predicted molar refractivity (Wildman–Crippen MR) is 162 cm³/mol. The van der Waals surface area contributed by atoms with Crippen molar-refractivity contribution in [1.82, 2.24) is 20.0 Å². The minimum absolute atomic E-state index is 0.0840. The van der Waals surface area contributed by atoms with Crippen molar-refractivity contribution in [1.29, 1.82) is 0 Å². The Bertz CT molecular complexity index is 1430. The molecule has 0 spiro atoms. The van der Waals surface area contributed by atoms with E-state index in [0.717, 1.165) is 6.07 Å². The van der Waals surface area contributed by atoms with Crippen molar-refractivity contribution in [2.45, 2.75) is 63.4 Å². The Hall–Kier alpha value is -2.60. The highest BCUT2D eigenvalue weighted by Crippen LogP contribution is 2.50. The first-order valence-electron chi connectivity index (χ1n) is 13.7. The van der Waals surface area contributed by atoms with Crippen molar-refractivity contribution >= 4 is 34.9 Å². The van der Waals surface area contributed by atoms with Gasteiger partial charge >= 0.3 is 0 Å². The van der Waals surface area contributed by atoms with Crippen LogP contribution >= 0.6 is 23.2 Å². The van der Waals surface area contributed by atoms with E-state index < -0.39 is 47.2 Å². The molecule has 5 atom stereocenters. The number of carbonyl (C=O) groups is 1. The van der Waals surface area contributed by atoms with Crippen LogP contribution in [0, 0.1) is 17.0 Å². The Morgan fingerprint density at radius 3 is 2.60 bits per heavy atom. The highest BCUT2D eigenvalue weighted by Gasteiger charge is 2.58. The van der Waals surface area contributed by atoms with Crippen molar-refractivity contribution in [3.05, 3.63) is 81.5 Å². The molecular formula is C30H38Cl2F2N6O2. The fourth-order valence-electron chi connectivity index (χ4n) is 5.83. The molecule has 0 aliphatic carbocycles. The summed E-state index contributed by atoms with van der Waals surface area (Å²) in [5.74, 6) is -2.75. The number of amides is 1. The fraction of sp³-hybridized carbons (Fsp3) is 0.467. The lowest BCUT2D eigenvalue weighted by molar-refractivity contribution is -0.118. The number of aliphatic hydroxyl groups excluding tert-OH is 1. The minimum Gasteiger partial charge on any atom is -0.390 e. The number of hydrogen-bond acceptors (Lipinski definition) is 6. The summed E-state index contributed by atoms with van der Waals surface area (Å²) >= 11 is 12.3. The van der Waals surface area contributed by atoms with Crippen molar-refractivity contribution in [2.24, 2.45) is 11.1 Å². The van der Waals surface area contributed by atoms with E-state index in [-0.39, 0.29) is 38.9 Å². The number of benzene rings is 2. The van der Waals surface area contributed by atoms with Crippen LogP contribution < -0.4 is 16.4 Å². The number of likely N-dealkylation sites (N-methyl/N-ethyl adjacent to an activating group) is 1. The Morgan fingerprint density at radius 1 is 1.24 bits per heavy atom. The van der Waals surface area contributed by atoms with E-state index in [1.807, 2.05) is 39.8 Å². The van der Waals surface area contributed by atoms with Crippen LogP contribution in [0.4, 0.5) is 14.6 Å². The van der Waals surface area contributed by atoms with E-state index in [1.165, 1.54) is 28.9 Å². The zero-order valence-electron chi connectivity index (χ0n) is 24.3. The number of halogens is 4. The third-order valence-corrected chi connectivity index (χ3v) is 8.01. The number of nitrogens with zero attached hydrogens (tertiary/aromatic N) is 3. The number of nitrogens with two attached hydrogens (primary N) is 1. The molecule has 0 bridgehead atoms. The molecule has 1 aliphatic rings. The minimum atomic E-state index is -1.58. The van der Waals surface area contributed by atoms with Crippen LogP contribution in [0.15, 0.2) is 48.7 Å². The molecule has 42 heavy (non-hydrogen) atoms. The summed E-state index contributed by atoms with van der Waals surface area (Å²) in [4.78, 5) is 15.8. The second kappa shape index (κ2) is 12.6. The number of anilines is 1. The first-order chi connectivity index (χ1) is 19.6. The van der Waals surface area contributed by atoms with Crippen molar-refractivity contribution in [3.63, 3.8) is 0 Å². The summed E-state index contributed by atoms with van der Waals surface area (Å²) in [7, 11) is 3.71. The topological polar surface area (TPSA) is 108 Å². The standard InChI is InChI=1S/C30H38Cl2F2N6O2/c1-29(2,3)14-23-30(35,20-10-9-17(31)13-22(20)33)25(19-7-6-8-21(32)26(19)34)27(36-23)28(42)37-24-11-12-40(38-24)16-18(41)15-39(4)5/h6-13,18,23,25,27,36,41H,14-16,35H2,1-5H3,(H,37,38,42)/t18-,23-,25-,27+,30+/m0/s1. The molecule has 0 saturated carbocycles. The monoisotopic (exact) mass is 622 g/mol. The predicted octanol–water partition coefficient (Wildman–Crippen LogP) is 4.74. The molecule has 3 aromatic rings. The molecule has 1 aliphatic heterocycles. The van der Waals surface area contributed by atoms with Gasteiger partial charge in [-0.25, -0.2) is 8.78 Å². The van der Waals surface area contributed by atoms with Gasteiger partial charge in [0, 0.05) is 41.4 Å². The van der Waals surface area contributed by atoms with Crippen molar-refractivity contribution in [2.75, 3.05) is 26.0 Å². The van der Waals surface area contributed by atoms with Gasteiger partial charge in [0.25, 0.3) is 0 Å². The van der Waals surface area contributed by atoms with E-state index >= 15 is 8.78 Å². The first-order valence-corrected chi connectivity index (χ1v) is 14.5. The zero-order valence-corrected chi connectivity index (χ0v) is 25.8. The maximum Gasteiger partial charge on any atom is 0.243 e. The van der Waals surface area contributed by atoms with E-state index in [2.05, 4.69) is 15.7 Å². The number of hydrogen-bond donors (Lipinski definition) is 4. The lowest BCUT2D eigenvalue weighted by atomic mass is 9.68. The summed E-state index contributed by atoms with van der Waals surface area (Å²) in [5.41, 5.74) is 5.53. The van der Waals surface area contributed by atoms with Crippen LogP contribution in [0.2, 0.25) is 10.0 Å². The van der Waals surface area contributed by atoms with Crippen molar-refractivity contribution in [3.8, 4) is 0 Å². The molecule has 1 saturated heterocycles. The molecule has 8 nitrogen and oxygen atoms in total. The van der Waals surface area contributed by atoms with Gasteiger partial charge < -0.3 is 26.4 Å². The highest BCUT2D eigenvalue weighted by molar-refractivity contribution is 6.31. The normalized spacial score (nSPS) is 23.4. The molecule has 0 radical (unpaired) electrons. The van der Waals surface area contributed by atoms with Gasteiger partial charge in [-0.3, -0.25) is 9.48 Å². The number of aromatic nitrogens is 2. The van der Waals surface area contributed by atoms with Crippen LogP contribution in [0.25, 0.3) is 0 Å². The Kier molecular flexibility index (Phi) is 9.66. The van der Waals surface area contributed by atoms with Crippen LogP contribution in [-0.2, 0) is 16.9 Å². The first kappa shape index (κ1) is 32.3. The van der Waals surface area contributed by atoms with Gasteiger partial charge in [-0.1, -0.05) is 62.2 Å². The summed E-state index contributed by atoms with van der Waals surface area (Å²) in [6, 6.07) is 8.55. The molecule has 4 rings (SSSR count). The van der Waals surface area contributed by atoms with Crippen LogP contribution in [-0.4, -0.2) is 64.5 Å². The SMILES string of the molecule is CN(C)C[C@H](O)Cn1ccc(NC(=O)[C@@H]2N[C@@H](CC(C)(C)C)[C@](N)(c3ccc(Cl)cc3F)[C@H]2c2cccc(Cl)c2F)n1. The molecule has 1 fully saturated rings. The van der Waals surface area contributed by atoms with Gasteiger partial charge in [0.1, 0.15) is 11.6 Å². The summed E-state index contributed by atoms with van der Waals surface area (Å²) in [6.07, 6.45) is 1.41.